The molecule has 0 bridgehead atoms. The molecule has 2 heterocycles. The Kier molecular flexibility index (Phi) is 11.7. The molecule has 0 aromatic heterocycles. The van der Waals surface area contributed by atoms with Crippen molar-refractivity contribution in [2.75, 3.05) is 14.7 Å². The number of rotatable bonds is 6. The zero-order valence-electron chi connectivity index (χ0n) is 48.8. The van der Waals surface area contributed by atoms with Crippen LogP contribution in [0.2, 0.25) is 0 Å². The first-order chi connectivity index (χ1) is 36.3. The third kappa shape index (κ3) is 8.38. The summed E-state index contributed by atoms with van der Waals surface area (Å²) in [4.78, 5) is 7.91. The van der Waals surface area contributed by atoms with E-state index in [1.807, 2.05) is 0 Å². The number of hydrogen-bond acceptors (Lipinski definition) is 3. The van der Waals surface area contributed by atoms with Crippen molar-refractivity contribution in [3.05, 3.63) is 203 Å². The summed E-state index contributed by atoms with van der Waals surface area (Å²) in [5.74, 6) is 0. The molecule has 4 heteroatoms. The van der Waals surface area contributed by atoms with Gasteiger partial charge in [0.2, 0.25) is 0 Å². The molecule has 8 aromatic rings. The number of benzene rings is 8. The maximum absolute atomic E-state index is 2.72. The number of hydrogen-bond donors (Lipinski definition) is 0. The van der Waals surface area contributed by atoms with E-state index in [-0.39, 0.29) is 39.2 Å². The Labute approximate surface area is 462 Å². The van der Waals surface area contributed by atoms with E-state index in [0.717, 1.165) is 42.7 Å². The highest BCUT2D eigenvalue weighted by Gasteiger charge is 2.49. The highest BCUT2D eigenvalue weighted by atomic mass is 15.2. The van der Waals surface area contributed by atoms with Crippen molar-refractivity contribution in [1.29, 1.82) is 0 Å². The predicted octanol–water partition coefficient (Wildman–Crippen LogP) is 18.5. The van der Waals surface area contributed by atoms with E-state index in [0.29, 0.717) is 0 Å². The molecule has 0 atom stereocenters. The molecule has 0 spiro atoms. The van der Waals surface area contributed by atoms with Crippen molar-refractivity contribution < 1.29 is 0 Å². The van der Waals surface area contributed by atoms with Crippen LogP contribution in [0.25, 0.3) is 11.1 Å². The van der Waals surface area contributed by atoms with Crippen LogP contribution in [-0.4, -0.2) is 6.71 Å². The summed E-state index contributed by atoms with van der Waals surface area (Å²) in [5, 5.41) is 0. The molecule has 0 saturated carbocycles. The van der Waals surface area contributed by atoms with Gasteiger partial charge in [0.1, 0.15) is 0 Å². The van der Waals surface area contributed by atoms with Crippen molar-refractivity contribution in [3.8, 4) is 11.1 Å². The standard InChI is InChI=1S/C73H80BN3/c1-47-39-49(68(2,3)4)31-33-61(47)76-63-45-57-55(70(8,9)35-37-72(57,12)13)43-59(63)74-60-44-56-58(73(14,15)38-36-71(56,10)11)46-64(60)77(62-34-32-50(69(5,6)7)40-54(62)48-25-19-16-20-26-48)66-42-53(41-65(76)67(66)74)75(51-27-21-17-22-28-51)52-29-23-18-24-30-52/h16-34,39-46H,35-38H2,1-15H3. The average Bonchev–Trinajstić information content (AvgIpc) is 3.52. The monoisotopic (exact) mass is 1010 g/mol. The summed E-state index contributed by atoms with van der Waals surface area (Å²) in [6.07, 6.45) is 4.59. The second-order valence-corrected chi connectivity index (χ2v) is 28.1. The predicted molar refractivity (Wildman–Crippen MR) is 333 cm³/mol. The Bertz CT molecular complexity index is 3580. The topological polar surface area (TPSA) is 9.72 Å². The zero-order valence-corrected chi connectivity index (χ0v) is 48.8. The summed E-state index contributed by atoms with van der Waals surface area (Å²) in [6.45, 7) is 36.3. The van der Waals surface area contributed by atoms with Crippen LogP contribution in [-0.2, 0) is 32.5 Å². The number of anilines is 9. The highest BCUT2D eigenvalue weighted by Crippen LogP contribution is 2.55. The first kappa shape index (κ1) is 51.0. The van der Waals surface area contributed by atoms with E-state index < -0.39 is 0 Å². The van der Waals surface area contributed by atoms with Crippen LogP contribution in [0.5, 0.6) is 0 Å². The van der Waals surface area contributed by atoms with E-state index in [1.54, 1.807) is 0 Å². The van der Waals surface area contributed by atoms with Crippen molar-refractivity contribution in [1.82, 2.24) is 0 Å². The third-order valence-corrected chi connectivity index (χ3v) is 18.8. The fourth-order valence-corrected chi connectivity index (χ4v) is 13.8. The van der Waals surface area contributed by atoms with Gasteiger partial charge in [-0.1, -0.05) is 194 Å². The number of fused-ring (bicyclic) bond motifs is 6. The van der Waals surface area contributed by atoms with E-state index >= 15 is 0 Å². The molecular formula is C73H80BN3. The molecule has 4 aliphatic rings. The molecule has 12 rings (SSSR count). The number of aryl methyl sites for hydroxylation is 1. The number of para-hydroxylation sites is 2. The summed E-state index contributed by atoms with van der Waals surface area (Å²) in [7, 11) is 0. The minimum atomic E-state index is -0.0569. The van der Waals surface area contributed by atoms with E-state index in [9.17, 15) is 0 Å². The number of nitrogens with zero attached hydrogens (tertiary/aromatic N) is 3. The van der Waals surface area contributed by atoms with Crippen LogP contribution in [0.4, 0.5) is 51.2 Å². The van der Waals surface area contributed by atoms with E-state index in [4.69, 9.17) is 0 Å². The molecule has 0 N–H and O–H groups in total. The Hall–Kier alpha value is -6.78. The van der Waals surface area contributed by atoms with E-state index in [1.165, 1.54) is 101 Å². The van der Waals surface area contributed by atoms with Gasteiger partial charge in [0.25, 0.3) is 6.71 Å². The molecule has 0 unspecified atom stereocenters. The van der Waals surface area contributed by atoms with Gasteiger partial charge in [0.15, 0.2) is 0 Å². The first-order valence-electron chi connectivity index (χ1n) is 28.7. The quantitative estimate of drug-likeness (QED) is 0.154. The first-order valence-corrected chi connectivity index (χ1v) is 28.7. The Morgan fingerprint density at radius 2 is 0.779 bits per heavy atom. The maximum Gasteiger partial charge on any atom is 0.252 e. The van der Waals surface area contributed by atoms with Crippen LogP contribution in [0, 0.1) is 6.92 Å². The maximum atomic E-state index is 2.72. The van der Waals surface area contributed by atoms with Gasteiger partial charge in [0.05, 0.1) is 11.4 Å². The largest absolute Gasteiger partial charge is 0.311 e. The Morgan fingerprint density at radius 3 is 1.21 bits per heavy atom. The van der Waals surface area contributed by atoms with Gasteiger partial charge in [-0.3, -0.25) is 0 Å². The Balaban J connectivity index is 1.29. The van der Waals surface area contributed by atoms with Crippen LogP contribution in [0.15, 0.2) is 164 Å². The lowest BCUT2D eigenvalue weighted by Gasteiger charge is -2.49. The molecule has 390 valence electrons. The minimum Gasteiger partial charge on any atom is -0.311 e. The third-order valence-electron chi connectivity index (χ3n) is 18.8. The van der Waals surface area contributed by atoms with Gasteiger partial charge in [0, 0.05) is 45.4 Å². The van der Waals surface area contributed by atoms with Gasteiger partial charge < -0.3 is 14.7 Å². The zero-order chi connectivity index (χ0) is 54.4. The summed E-state index contributed by atoms with van der Waals surface area (Å²) >= 11 is 0. The van der Waals surface area contributed by atoms with Crippen molar-refractivity contribution in [2.24, 2.45) is 0 Å². The van der Waals surface area contributed by atoms with Crippen LogP contribution in [0.1, 0.15) is 162 Å². The lowest BCUT2D eigenvalue weighted by atomic mass is 9.32. The van der Waals surface area contributed by atoms with Gasteiger partial charge in [-0.15, -0.1) is 0 Å². The van der Waals surface area contributed by atoms with Crippen molar-refractivity contribution >= 4 is 74.3 Å². The highest BCUT2D eigenvalue weighted by molar-refractivity contribution is 7.00. The molecule has 8 aromatic carbocycles. The average molecular weight is 1010 g/mol. The fraction of sp³-hybridized carbons (Fsp3) is 0.342. The molecule has 2 aliphatic carbocycles. The second kappa shape index (κ2) is 17.6. The van der Waals surface area contributed by atoms with Crippen molar-refractivity contribution in [2.45, 2.75) is 162 Å². The molecular weight excluding hydrogens is 930 g/mol. The second-order valence-electron chi connectivity index (χ2n) is 28.1. The molecule has 0 saturated heterocycles. The van der Waals surface area contributed by atoms with Crippen LogP contribution in [0.3, 0.4) is 0 Å². The van der Waals surface area contributed by atoms with Gasteiger partial charge >= 0.3 is 0 Å². The lowest BCUT2D eigenvalue weighted by Crippen LogP contribution is -2.62. The minimum absolute atomic E-state index is 0.00148. The molecule has 3 nitrogen and oxygen atoms in total. The fourth-order valence-electron chi connectivity index (χ4n) is 13.8. The smallest absolute Gasteiger partial charge is 0.252 e. The molecule has 2 aliphatic heterocycles. The van der Waals surface area contributed by atoms with Gasteiger partial charge in [-0.2, -0.15) is 0 Å². The summed E-state index contributed by atoms with van der Waals surface area (Å²) in [6, 6.07) is 63.8. The normalized spacial score (nSPS) is 17.4. The molecule has 0 amide bonds. The van der Waals surface area contributed by atoms with Gasteiger partial charge in [-0.25, -0.2) is 0 Å². The van der Waals surface area contributed by atoms with E-state index in [2.05, 4.69) is 282 Å². The van der Waals surface area contributed by atoms with Crippen LogP contribution >= 0.6 is 0 Å². The SMILES string of the molecule is Cc1cc(C(C)(C)C)ccc1N1c2cc3c(cc2B2c4cc5c(cc4N(c4ccc(C(C)(C)C)cc4-c4ccccc4)c4cc(N(c6ccccc6)c6ccccc6)cc1c42)C(C)(C)CCC5(C)C)C(C)(C)CCC3(C)C. The Morgan fingerprint density at radius 1 is 0.390 bits per heavy atom. The van der Waals surface area contributed by atoms with Crippen LogP contribution < -0.4 is 31.1 Å². The van der Waals surface area contributed by atoms with Crippen molar-refractivity contribution in [3.63, 3.8) is 0 Å². The van der Waals surface area contributed by atoms with Gasteiger partial charge in [-0.05, 0) is 193 Å². The lowest BCUT2D eigenvalue weighted by molar-refractivity contribution is 0.332. The summed E-state index contributed by atoms with van der Waals surface area (Å²) < 4.78 is 0. The molecule has 0 fully saturated rings. The summed E-state index contributed by atoms with van der Waals surface area (Å²) in [5.41, 5.74) is 27.3. The molecule has 77 heavy (non-hydrogen) atoms. The molecule has 0 radical (unpaired) electrons.